The van der Waals surface area contributed by atoms with Crippen LogP contribution >= 0.6 is 0 Å². The summed E-state index contributed by atoms with van der Waals surface area (Å²) in [6, 6.07) is 12.7. The van der Waals surface area contributed by atoms with Crippen molar-refractivity contribution in [3.05, 3.63) is 66.5 Å². The van der Waals surface area contributed by atoms with Crippen molar-refractivity contribution in [1.82, 2.24) is 9.97 Å². The molecule has 0 spiro atoms. The molecule has 4 rings (SSSR count). The fourth-order valence-corrected chi connectivity index (χ4v) is 3.30. The third kappa shape index (κ3) is 4.21. The van der Waals surface area contributed by atoms with Crippen LogP contribution in [0, 0.1) is 11.6 Å². The first-order valence-electron chi connectivity index (χ1n) is 9.22. The van der Waals surface area contributed by atoms with Crippen molar-refractivity contribution in [3.8, 4) is 17.4 Å². The SMILES string of the molecule is COc1ccccc1N1CCN(c2cc(Oc3ccc(F)cc3F)ncn2)CC1. The van der Waals surface area contributed by atoms with E-state index in [0.717, 1.165) is 49.7 Å². The molecule has 0 unspecified atom stereocenters. The molecule has 2 heterocycles. The Balaban J connectivity index is 1.44. The van der Waals surface area contributed by atoms with E-state index in [1.807, 2.05) is 24.3 Å². The normalized spacial score (nSPS) is 14.0. The average Bonchev–Trinajstić information content (AvgIpc) is 2.76. The summed E-state index contributed by atoms with van der Waals surface area (Å²) in [4.78, 5) is 12.7. The zero-order valence-corrected chi connectivity index (χ0v) is 15.9. The van der Waals surface area contributed by atoms with E-state index in [1.165, 1.54) is 12.4 Å². The fourth-order valence-electron chi connectivity index (χ4n) is 3.30. The Labute approximate surface area is 167 Å². The lowest BCUT2D eigenvalue weighted by atomic mass is 10.2. The number of benzene rings is 2. The van der Waals surface area contributed by atoms with Gasteiger partial charge in [-0.1, -0.05) is 12.1 Å². The molecule has 0 atom stereocenters. The van der Waals surface area contributed by atoms with Gasteiger partial charge in [0.25, 0.3) is 0 Å². The highest BCUT2D eigenvalue weighted by Crippen LogP contribution is 2.30. The van der Waals surface area contributed by atoms with Gasteiger partial charge in [-0.15, -0.1) is 0 Å². The molecule has 150 valence electrons. The second-order valence-electron chi connectivity index (χ2n) is 6.54. The summed E-state index contributed by atoms with van der Waals surface area (Å²) in [5.41, 5.74) is 1.06. The molecule has 0 aliphatic carbocycles. The third-order valence-electron chi connectivity index (χ3n) is 4.77. The van der Waals surface area contributed by atoms with Crippen LogP contribution < -0.4 is 19.3 Å². The molecule has 6 nitrogen and oxygen atoms in total. The molecule has 0 bridgehead atoms. The molecular formula is C21H20F2N4O2. The van der Waals surface area contributed by atoms with Gasteiger partial charge in [-0.3, -0.25) is 0 Å². The van der Waals surface area contributed by atoms with Gasteiger partial charge >= 0.3 is 0 Å². The number of aromatic nitrogens is 2. The van der Waals surface area contributed by atoms with Crippen LogP contribution in [0.3, 0.4) is 0 Å². The molecule has 8 heteroatoms. The van der Waals surface area contributed by atoms with Gasteiger partial charge in [-0.05, 0) is 24.3 Å². The molecule has 3 aromatic rings. The van der Waals surface area contributed by atoms with E-state index in [-0.39, 0.29) is 11.6 Å². The monoisotopic (exact) mass is 398 g/mol. The van der Waals surface area contributed by atoms with Crippen LogP contribution in [-0.4, -0.2) is 43.3 Å². The van der Waals surface area contributed by atoms with Gasteiger partial charge < -0.3 is 19.3 Å². The maximum Gasteiger partial charge on any atom is 0.224 e. The number of nitrogens with zero attached hydrogens (tertiary/aromatic N) is 4. The molecule has 1 fully saturated rings. The van der Waals surface area contributed by atoms with Gasteiger partial charge in [-0.2, -0.15) is 0 Å². The van der Waals surface area contributed by atoms with E-state index in [0.29, 0.717) is 5.82 Å². The summed E-state index contributed by atoms with van der Waals surface area (Å²) >= 11 is 0. The summed E-state index contributed by atoms with van der Waals surface area (Å²) in [5, 5.41) is 0. The number of rotatable bonds is 5. The highest BCUT2D eigenvalue weighted by molar-refractivity contribution is 5.59. The minimum absolute atomic E-state index is 0.0861. The number of para-hydroxylation sites is 2. The quantitative estimate of drug-likeness (QED) is 0.650. The Bertz CT molecular complexity index is 994. The van der Waals surface area contributed by atoms with E-state index in [9.17, 15) is 8.78 Å². The minimum atomic E-state index is -0.782. The van der Waals surface area contributed by atoms with Crippen molar-refractivity contribution < 1.29 is 18.3 Å². The van der Waals surface area contributed by atoms with Gasteiger partial charge in [-0.25, -0.2) is 18.7 Å². The van der Waals surface area contributed by atoms with Crippen LogP contribution in [0.1, 0.15) is 0 Å². The van der Waals surface area contributed by atoms with Crippen molar-refractivity contribution in [3.63, 3.8) is 0 Å². The molecule has 0 radical (unpaired) electrons. The molecule has 1 aliphatic rings. The van der Waals surface area contributed by atoms with Crippen LogP contribution in [-0.2, 0) is 0 Å². The summed E-state index contributed by atoms with van der Waals surface area (Å²) in [6.07, 6.45) is 1.37. The second kappa shape index (κ2) is 8.30. The van der Waals surface area contributed by atoms with Gasteiger partial charge in [0.15, 0.2) is 11.6 Å². The lowest BCUT2D eigenvalue weighted by Crippen LogP contribution is -2.47. The lowest BCUT2D eigenvalue weighted by molar-refractivity contribution is 0.413. The van der Waals surface area contributed by atoms with Crippen LogP contribution in [0.2, 0.25) is 0 Å². The number of anilines is 2. The fraction of sp³-hybridized carbons (Fsp3) is 0.238. The number of piperazine rings is 1. The van der Waals surface area contributed by atoms with Gasteiger partial charge in [0, 0.05) is 38.3 Å². The molecule has 0 amide bonds. The number of halogens is 2. The van der Waals surface area contributed by atoms with Crippen LogP contribution in [0.15, 0.2) is 54.9 Å². The van der Waals surface area contributed by atoms with Crippen molar-refractivity contribution in [2.75, 3.05) is 43.1 Å². The largest absolute Gasteiger partial charge is 0.495 e. The Morgan fingerprint density at radius 1 is 0.862 bits per heavy atom. The first-order chi connectivity index (χ1) is 14.1. The van der Waals surface area contributed by atoms with E-state index >= 15 is 0 Å². The summed E-state index contributed by atoms with van der Waals surface area (Å²) in [5.74, 6) is 0.212. The molecule has 0 N–H and O–H groups in total. The van der Waals surface area contributed by atoms with Crippen LogP contribution in [0.4, 0.5) is 20.3 Å². The van der Waals surface area contributed by atoms with Crippen molar-refractivity contribution in [2.45, 2.75) is 0 Å². The number of ether oxygens (including phenoxy) is 2. The lowest BCUT2D eigenvalue weighted by Gasteiger charge is -2.37. The van der Waals surface area contributed by atoms with Gasteiger partial charge in [0.05, 0.1) is 12.8 Å². The van der Waals surface area contributed by atoms with Crippen LogP contribution in [0.25, 0.3) is 0 Å². The summed E-state index contributed by atoms with van der Waals surface area (Å²) in [6.45, 7) is 3.10. The van der Waals surface area contributed by atoms with Gasteiger partial charge in [0.2, 0.25) is 5.88 Å². The Hall–Kier alpha value is -3.42. The Morgan fingerprint density at radius 3 is 2.38 bits per heavy atom. The molecular weight excluding hydrogens is 378 g/mol. The molecule has 1 aliphatic heterocycles. The highest BCUT2D eigenvalue weighted by Gasteiger charge is 2.21. The zero-order valence-electron chi connectivity index (χ0n) is 15.9. The topological polar surface area (TPSA) is 50.7 Å². The van der Waals surface area contributed by atoms with Crippen molar-refractivity contribution in [2.24, 2.45) is 0 Å². The second-order valence-corrected chi connectivity index (χ2v) is 6.54. The average molecular weight is 398 g/mol. The van der Waals surface area contributed by atoms with Crippen LogP contribution in [0.5, 0.6) is 17.4 Å². The van der Waals surface area contributed by atoms with Gasteiger partial charge in [0.1, 0.15) is 23.7 Å². The maximum absolute atomic E-state index is 13.8. The maximum atomic E-state index is 13.8. The number of hydrogen-bond donors (Lipinski definition) is 0. The Morgan fingerprint density at radius 2 is 1.62 bits per heavy atom. The predicted molar refractivity (Wildman–Crippen MR) is 106 cm³/mol. The minimum Gasteiger partial charge on any atom is -0.495 e. The molecule has 1 saturated heterocycles. The van der Waals surface area contributed by atoms with E-state index in [2.05, 4.69) is 19.8 Å². The van der Waals surface area contributed by atoms with Crippen molar-refractivity contribution in [1.29, 1.82) is 0 Å². The standard InChI is InChI=1S/C21H20F2N4O2/c1-28-19-5-3-2-4-17(19)26-8-10-27(11-9-26)20-13-21(25-14-24-20)29-18-7-6-15(22)12-16(18)23/h2-7,12-14H,8-11H2,1H3. The number of methoxy groups -OCH3 is 1. The van der Waals surface area contributed by atoms with E-state index in [4.69, 9.17) is 9.47 Å². The zero-order chi connectivity index (χ0) is 20.2. The highest BCUT2D eigenvalue weighted by atomic mass is 19.1. The first-order valence-corrected chi connectivity index (χ1v) is 9.22. The predicted octanol–water partition coefficient (Wildman–Crippen LogP) is 3.88. The molecule has 29 heavy (non-hydrogen) atoms. The van der Waals surface area contributed by atoms with Crippen molar-refractivity contribution >= 4 is 11.5 Å². The Kier molecular flexibility index (Phi) is 5.41. The smallest absolute Gasteiger partial charge is 0.224 e. The first kappa shape index (κ1) is 18.9. The van der Waals surface area contributed by atoms with E-state index < -0.39 is 11.6 Å². The molecule has 0 saturated carbocycles. The summed E-state index contributed by atoms with van der Waals surface area (Å²) in [7, 11) is 1.67. The van der Waals surface area contributed by atoms with E-state index in [1.54, 1.807) is 13.2 Å². The summed E-state index contributed by atoms with van der Waals surface area (Å²) < 4.78 is 37.8. The third-order valence-corrected chi connectivity index (χ3v) is 4.77. The molecule has 1 aromatic heterocycles. The molecule has 2 aromatic carbocycles. The number of hydrogen-bond acceptors (Lipinski definition) is 6.